The van der Waals surface area contributed by atoms with Gasteiger partial charge in [0.15, 0.2) is 6.10 Å². The molecule has 2 N–H and O–H groups in total. The van der Waals surface area contributed by atoms with Crippen LogP contribution >= 0.6 is 23.2 Å². The van der Waals surface area contributed by atoms with Gasteiger partial charge in [0.05, 0.1) is 13.2 Å². The van der Waals surface area contributed by atoms with Gasteiger partial charge < -0.3 is 29.5 Å². The molecule has 8 nitrogen and oxygen atoms in total. The van der Waals surface area contributed by atoms with E-state index in [-0.39, 0.29) is 12.5 Å². The molecule has 0 heterocycles. The predicted molar refractivity (Wildman–Crippen MR) is 164 cm³/mol. The van der Waals surface area contributed by atoms with Crippen molar-refractivity contribution < 1.29 is 28.9 Å². The summed E-state index contributed by atoms with van der Waals surface area (Å²) in [5.74, 6) is -0.346. The van der Waals surface area contributed by atoms with Crippen LogP contribution in [0.5, 0.6) is 5.75 Å². The van der Waals surface area contributed by atoms with Gasteiger partial charge in [0, 0.05) is 42.8 Å². The number of ether oxygens (including phenoxy) is 3. The van der Waals surface area contributed by atoms with Crippen molar-refractivity contribution in [2.24, 2.45) is 0 Å². The summed E-state index contributed by atoms with van der Waals surface area (Å²) < 4.78 is 17.0. The van der Waals surface area contributed by atoms with Crippen LogP contribution in [0.3, 0.4) is 0 Å². The highest BCUT2D eigenvalue weighted by Gasteiger charge is 2.18. The maximum atomic E-state index is 13.0. The first-order chi connectivity index (χ1) is 20.3. The predicted octanol–water partition coefficient (Wildman–Crippen LogP) is 6.61. The van der Waals surface area contributed by atoms with Crippen molar-refractivity contribution in [2.45, 2.75) is 45.4 Å². The average Bonchev–Trinajstić information content (AvgIpc) is 2.97. The molecule has 226 valence electrons. The molecule has 0 aromatic heterocycles. The first-order valence-corrected chi connectivity index (χ1v) is 14.7. The number of unbranched alkanes of at least 4 members (excludes halogenated alkanes) is 1. The number of benzene rings is 3. The Morgan fingerprint density at radius 3 is 2.26 bits per heavy atom. The highest BCUT2D eigenvalue weighted by Crippen LogP contribution is 2.20. The zero-order valence-electron chi connectivity index (χ0n) is 23.8. The second-order valence-corrected chi connectivity index (χ2v) is 10.5. The number of carboxylic acid groups (broad SMARTS) is 1. The van der Waals surface area contributed by atoms with Crippen molar-refractivity contribution in [3.63, 3.8) is 0 Å². The van der Waals surface area contributed by atoms with Gasteiger partial charge in [0.25, 0.3) is 0 Å². The summed E-state index contributed by atoms with van der Waals surface area (Å²) in [6.45, 7) is 4.74. The summed E-state index contributed by atoms with van der Waals surface area (Å²) in [6.07, 6.45) is 0.924. The minimum Gasteiger partial charge on any atom is -0.492 e. The van der Waals surface area contributed by atoms with Crippen molar-refractivity contribution in [1.29, 1.82) is 0 Å². The first kappa shape index (κ1) is 33.2. The molecule has 3 aromatic carbocycles. The van der Waals surface area contributed by atoms with E-state index in [9.17, 15) is 14.7 Å². The molecule has 2 amide bonds. The fourth-order valence-corrected chi connectivity index (χ4v) is 4.79. The van der Waals surface area contributed by atoms with Crippen molar-refractivity contribution in [1.82, 2.24) is 10.2 Å². The standard InChI is InChI=1S/C32H38Cl2N2O6/c1-2-41-30(31(37)38)20-24-10-12-29(13-11-24)42-17-15-36(32(39)35-22-25-8-4-3-5-9-25)14-6-7-16-40-23-26-18-27(33)21-28(34)19-26/h3-5,8-13,18-19,21,30H,2,6-7,14-17,20,22-23H2,1H3,(H,35,39)(H,37,38). The Morgan fingerprint density at radius 1 is 0.881 bits per heavy atom. The topological polar surface area (TPSA) is 97.3 Å². The van der Waals surface area contributed by atoms with Gasteiger partial charge in [0.1, 0.15) is 12.4 Å². The molecule has 10 heteroatoms. The number of amides is 2. The summed E-state index contributed by atoms with van der Waals surface area (Å²) in [6, 6.07) is 22.2. The average molecular weight is 618 g/mol. The van der Waals surface area contributed by atoms with Gasteiger partial charge in [0.2, 0.25) is 0 Å². The third-order valence-corrected chi connectivity index (χ3v) is 6.79. The van der Waals surface area contributed by atoms with Crippen LogP contribution in [-0.2, 0) is 33.8 Å². The molecular formula is C32H38Cl2N2O6. The van der Waals surface area contributed by atoms with E-state index < -0.39 is 12.1 Å². The Bertz CT molecular complexity index is 1220. The summed E-state index contributed by atoms with van der Waals surface area (Å²) >= 11 is 12.1. The maximum Gasteiger partial charge on any atom is 0.333 e. The van der Waals surface area contributed by atoms with Crippen LogP contribution in [0.2, 0.25) is 10.0 Å². The Hall–Kier alpha value is -3.30. The molecule has 1 atom stereocenters. The molecule has 0 radical (unpaired) electrons. The fourth-order valence-electron chi connectivity index (χ4n) is 4.22. The van der Waals surface area contributed by atoms with Gasteiger partial charge in [-0.05, 0) is 66.8 Å². The molecule has 0 fully saturated rings. The number of hydrogen-bond donors (Lipinski definition) is 2. The van der Waals surface area contributed by atoms with Gasteiger partial charge in [-0.15, -0.1) is 0 Å². The molecule has 0 saturated heterocycles. The molecule has 0 bridgehead atoms. The molecule has 0 aliphatic rings. The molecule has 3 rings (SSSR count). The number of urea groups is 1. The van der Waals surface area contributed by atoms with E-state index in [1.165, 1.54) is 0 Å². The molecule has 3 aromatic rings. The smallest absolute Gasteiger partial charge is 0.333 e. The lowest BCUT2D eigenvalue weighted by atomic mass is 10.1. The Labute approximate surface area is 257 Å². The number of halogens is 2. The second kappa shape index (κ2) is 18.3. The molecular weight excluding hydrogens is 579 g/mol. The minimum absolute atomic E-state index is 0.164. The van der Waals surface area contributed by atoms with E-state index in [1.54, 1.807) is 30.0 Å². The second-order valence-electron chi connectivity index (χ2n) is 9.65. The van der Waals surface area contributed by atoms with E-state index in [2.05, 4.69) is 5.32 Å². The fraction of sp³-hybridized carbons (Fsp3) is 0.375. The van der Waals surface area contributed by atoms with Crippen LogP contribution in [0.1, 0.15) is 36.5 Å². The number of nitrogens with zero attached hydrogens (tertiary/aromatic N) is 1. The van der Waals surface area contributed by atoms with Gasteiger partial charge in [-0.25, -0.2) is 9.59 Å². The van der Waals surface area contributed by atoms with Crippen LogP contribution in [0.4, 0.5) is 4.79 Å². The number of hydrogen-bond acceptors (Lipinski definition) is 5. The summed E-state index contributed by atoms with van der Waals surface area (Å²) in [4.78, 5) is 26.1. The lowest BCUT2D eigenvalue weighted by Gasteiger charge is -2.23. The van der Waals surface area contributed by atoms with Gasteiger partial charge >= 0.3 is 12.0 Å². The number of rotatable bonds is 18. The van der Waals surface area contributed by atoms with E-state index in [0.29, 0.717) is 61.9 Å². The monoisotopic (exact) mass is 616 g/mol. The van der Waals surface area contributed by atoms with E-state index in [0.717, 1.165) is 29.5 Å². The Balaban J connectivity index is 1.47. The Kier molecular flexibility index (Phi) is 14.5. The maximum absolute atomic E-state index is 13.0. The van der Waals surface area contributed by atoms with Crippen LogP contribution in [0.15, 0.2) is 72.8 Å². The van der Waals surface area contributed by atoms with Crippen LogP contribution in [0, 0.1) is 0 Å². The normalized spacial score (nSPS) is 11.6. The van der Waals surface area contributed by atoms with E-state index >= 15 is 0 Å². The van der Waals surface area contributed by atoms with E-state index in [4.69, 9.17) is 37.4 Å². The van der Waals surface area contributed by atoms with E-state index in [1.807, 2.05) is 54.6 Å². The minimum atomic E-state index is -0.986. The molecule has 0 spiro atoms. The zero-order chi connectivity index (χ0) is 30.2. The molecule has 0 aliphatic heterocycles. The van der Waals surface area contributed by atoms with Crippen molar-refractivity contribution in [2.75, 3.05) is 32.9 Å². The summed E-state index contributed by atoms with van der Waals surface area (Å²) in [5.41, 5.74) is 2.77. The highest BCUT2D eigenvalue weighted by atomic mass is 35.5. The lowest BCUT2D eigenvalue weighted by molar-refractivity contribution is -0.149. The van der Waals surface area contributed by atoms with Gasteiger partial charge in [-0.3, -0.25) is 0 Å². The number of aliphatic carboxylic acids is 1. The SMILES string of the molecule is CCOC(Cc1ccc(OCCN(CCCCOCc2cc(Cl)cc(Cl)c2)C(=O)NCc2ccccc2)cc1)C(=O)O. The third-order valence-electron chi connectivity index (χ3n) is 6.35. The molecule has 1 unspecified atom stereocenters. The van der Waals surface area contributed by atoms with Crippen LogP contribution in [-0.4, -0.2) is 61.0 Å². The number of carboxylic acids is 1. The Morgan fingerprint density at radius 2 is 1.60 bits per heavy atom. The van der Waals surface area contributed by atoms with Crippen molar-refractivity contribution in [3.05, 3.63) is 99.5 Å². The third kappa shape index (κ3) is 12.3. The zero-order valence-corrected chi connectivity index (χ0v) is 25.3. The van der Waals surface area contributed by atoms with Crippen LogP contribution < -0.4 is 10.1 Å². The quantitative estimate of drug-likeness (QED) is 0.156. The van der Waals surface area contributed by atoms with Crippen molar-refractivity contribution in [3.8, 4) is 5.75 Å². The number of carbonyl (C=O) groups excluding carboxylic acids is 1. The van der Waals surface area contributed by atoms with Gasteiger partial charge in [-0.1, -0.05) is 65.7 Å². The number of carbonyl (C=O) groups is 2. The molecule has 0 aliphatic carbocycles. The van der Waals surface area contributed by atoms with Crippen LogP contribution in [0.25, 0.3) is 0 Å². The largest absolute Gasteiger partial charge is 0.492 e. The summed E-state index contributed by atoms with van der Waals surface area (Å²) in [7, 11) is 0. The lowest BCUT2D eigenvalue weighted by Crippen LogP contribution is -2.42. The highest BCUT2D eigenvalue weighted by molar-refractivity contribution is 6.34. The van der Waals surface area contributed by atoms with Gasteiger partial charge in [-0.2, -0.15) is 0 Å². The molecule has 42 heavy (non-hydrogen) atoms. The first-order valence-electron chi connectivity index (χ1n) is 14.0. The number of nitrogens with one attached hydrogen (secondary N) is 1. The van der Waals surface area contributed by atoms with Crippen molar-refractivity contribution >= 4 is 35.2 Å². The summed E-state index contributed by atoms with van der Waals surface area (Å²) in [5, 5.41) is 13.4. The molecule has 0 saturated carbocycles.